The number of nitrogens with zero attached hydrogens (tertiary/aromatic N) is 2. The predicted molar refractivity (Wildman–Crippen MR) is 78.8 cm³/mol. The number of hydrogen-bond acceptors (Lipinski definition) is 2. The summed E-state index contributed by atoms with van der Waals surface area (Å²) in [6.07, 6.45) is 3.96. The molecule has 0 aliphatic heterocycles. The number of nitrogens with one attached hydrogen (secondary N) is 1. The van der Waals surface area contributed by atoms with Crippen LogP contribution in [0.25, 0.3) is 0 Å². The van der Waals surface area contributed by atoms with Gasteiger partial charge in [0.05, 0.1) is 5.69 Å². The second-order valence-electron chi connectivity index (χ2n) is 5.68. The highest BCUT2D eigenvalue weighted by Gasteiger charge is 2.18. The molecular formula is C15H27N3. The number of imidazole rings is 1. The number of rotatable bonds is 7. The number of allylic oxidation sites excluding steroid dienone is 1. The zero-order chi connectivity index (χ0) is 13.7. The summed E-state index contributed by atoms with van der Waals surface area (Å²) in [5.41, 5.74) is 1.05. The molecule has 3 heteroatoms. The average Bonchev–Trinajstić information content (AvgIpc) is 2.59. The van der Waals surface area contributed by atoms with Gasteiger partial charge in [0.1, 0.15) is 0 Å². The Labute approximate surface area is 111 Å². The molecule has 18 heavy (non-hydrogen) atoms. The molecule has 0 saturated heterocycles. The molecule has 1 aromatic rings. The fourth-order valence-electron chi connectivity index (χ4n) is 2.42. The third-order valence-corrected chi connectivity index (χ3v) is 3.43. The van der Waals surface area contributed by atoms with E-state index in [1.807, 2.05) is 13.0 Å². The smallest absolute Gasteiger partial charge is 0.203 e. The van der Waals surface area contributed by atoms with Gasteiger partial charge in [0.2, 0.25) is 5.95 Å². The lowest BCUT2D eigenvalue weighted by Gasteiger charge is -2.25. The Morgan fingerprint density at radius 1 is 1.33 bits per heavy atom. The van der Waals surface area contributed by atoms with Gasteiger partial charge in [0.15, 0.2) is 0 Å². The number of aryl methyl sites for hydroxylation is 1. The van der Waals surface area contributed by atoms with E-state index in [-0.39, 0.29) is 0 Å². The fraction of sp³-hybridized carbons (Fsp3) is 0.667. The molecule has 0 aliphatic rings. The second kappa shape index (κ2) is 6.62. The van der Waals surface area contributed by atoms with Crippen molar-refractivity contribution in [1.82, 2.24) is 9.55 Å². The molecule has 0 aliphatic carbocycles. The van der Waals surface area contributed by atoms with Crippen LogP contribution in [0.2, 0.25) is 0 Å². The van der Waals surface area contributed by atoms with Crippen LogP contribution in [0.1, 0.15) is 33.4 Å². The standard InChI is InChI=1S/C15H27N3/c1-7-8-18-10-13(6)17-15(18)16-9-14(11(2)3)12(4)5/h7,10-12,14H,1,8-9H2,2-6H3,(H,16,17). The highest BCUT2D eigenvalue weighted by molar-refractivity contribution is 5.29. The molecule has 0 unspecified atom stereocenters. The Hall–Kier alpha value is -1.25. The molecule has 1 heterocycles. The Morgan fingerprint density at radius 3 is 2.44 bits per heavy atom. The maximum Gasteiger partial charge on any atom is 0.203 e. The number of anilines is 1. The summed E-state index contributed by atoms with van der Waals surface area (Å²) in [4.78, 5) is 4.52. The third kappa shape index (κ3) is 3.90. The van der Waals surface area contributed by atoms with Crippen LogP contribution in [0.15, 0.2) is 18.9 Å². The van der Waals surface area contributed by atoms with Gasteiger partial charge in [-0.3, -0.25) is 0 Å². The molecule has 0 fully saturated rings. The summed E-state index contributed by atoms with van der Waals surface area (Å²) in [6, 6.07) is 0. The van der Waals surface area contributed by atoms with Crippen molar-refractivity contribution in [3.63, 3.8) is 0 Å². The van der Waals surface area contributed by atoms with Crippen molar-refractivity contribution in [2.75, 3.05) is 11.9 Å². The SMILES string of the molecule is C=CCn1cc(C)nc1NCC(C(C)C)C(C)C. The van der Waals surface area contributed by atoms with Crippen molar-refractivity contribution < 1.29 is 0 Å². The molecule has 102 valence electrons. The summed E-state index contributed by atoms with van der Waals surface area (Å²) in [5.74, 6) is 2.99. The van der Waals surface area contributed by atoms with Crippen molar-refractivity contribution in [1.29, 1.82) is 0 Å². The zero-order valence-electron chi connectivity index (χ0n) is 12.4. The van der Waals surface area contributed by atoms with Crippen LogP contribution < -0.4 is 5.32 Å². The van der Waals surface area contributed by atoms with Gasteiger partial charge >= 0.3 is 0 Å². The maximum absolute atomic E-state index is 4.52. The molecule has 0 spiro atoms. The summed E-state index contributed by atoms with van der Waals surface area (Å²) in [5, 5.41) is 3.49. The van der Waals surface area contributed by atoms with Crippen LogP contribution >= 0.6 is 0 Å². The zero-order valence-corrected chi connectivity index (χ0v) is 12.4. The molecule has 0 amide bonds. The molecule has 0 bridgehead atoms. The maximum atomic E-state index is 4.52. The van der Waals surface area contributed by atoms with E-state index >= 15 is 0 Å². The normalized spacial score (nSPS) is 11.6. The highest BCUT2D eigenvalue weighted by Crippen LogP contribution is 2.21. The number of hydrogen-bond donors (Lipinski definition) is 1. The molecule has 0 saturated carbocycles. The van der Waals surface area contributed by atoms with Crippen molar-refractivity contribution in [2.24, 2.45) is 17.8 Å². The van der Waals surface area contributed by atoms with E-state index in [0.717, 1.165) is 24.7 Å². The lowest BCUT2D eigenvalue weighted by Crippen LogP contribution is -2.25. The summed E-state index contributed by atoms with van der Waals surface area (Å²) in [7, 11) is 0. The van der Waals surface area contributed by atoms with Crippen LogP contribution in [0, 0.1) is 24.7 Å². The summed E-state index contributed by atoms with van der Waals surface area (Å²) in [6.45, 7) is 16.7. The molecule has 1 aromatic heterocycles. The van der Waals surface area contributed by atoms with Crippen LogP contribution in [0.3, 0.4) is 0 Å². The van der Waals surface area contributed by atoms with Crippen LogP contribution in [-0.4, -0.2) is 16.1 Å². The van der Waals surface area contributed by atoms with Crippen molar-refractivity contribution in [3.8, 4) is 0 Å². The van der Waals surface area contributed by atoms with Gasteiger partial charge in [0, 0.05) is 19.3 Å². The number of aromatic nitrogens is 2. The lowest BCUT2D eigenvalue weighted by atomic mass is 9.85. The third-order valence-electron chi connectivity index (χ3n) is 3.43. The van der Waals surface area contributed by atoms with Gasteiger partial charge in [-0.2, -0.15) is 0 Å². The molecule has 1 N–H and O–H groups in total. The van der Waals surface area contributed by atoms with Crippen LogP contribution in [-0.2, 0) is 6.54 Å². The second-order valence-corrected chi connectivity index (χ2v) is 5.68. The molecule has 1 rings (SSSR count). The Balaban J connectivity index is 2.69. The molecular weight excluding hydrogens is 222 g/mol. The van der Waals surface area contributed by atoms with Gasteiger partial charge in [0.25, 0.3) is 0 Å². The van der Waals surface area contributed by atoms with Gasteiger partial charge in [-0.1, -0.05) is 33.8 Å². The minimum absolute atomic E-state index is 0.666. The Kier molecular flexibility index (Phi) is 5.45. The monoisotopic (exact) mass is 249 g/mol. The molecule has 0 radical (unpaired) electrons. The molecule has 0 aromatic carbocycles. The molecule has 0 atom stereocenters. The minimum atomic E-state index is 0.666. The van der Waals surface area contributed by atoms with Gasteiger partial charge in [-0.05, 0) is 24.7 Å². The van der Waals surface area contributed by atoms with E-state index in [1.165, 1.54) is 0 Å². The van der Waals surface area contributed by atoms with Gasteiger partial charge in [-0.15, -0.1) is 6.58 Å². The van der Waals surface area contributed by atoms with Gasteiger partial charge in [-0.25, -0.2) is 4.98 Å². The lowest BCUT2D eigenvalue weighted by molar-refractivity contribution is 0.303. The van der Waals surface area contributed by atoms with Crippen molar-refractivity contribution >= 4 is 5.95 Å². The fourth-order valence-corrected chi connectivity index (χ4v) is 2.42. The summed E-state index contributed by atoms with van der Waals surface area (Å²) < 4.78 is 2.11. The first kappa shape index (κ1) is 14.8. The Morgan fingerprint density at radius 2 is 1.94 bits per heavy atom. The first-order valence-corrected chi connectivity index (χ1v) is 6.84. The predicted octanol–water partition coefficient (Wildman–Crippen LogP) is 3.72. The largest absolute Gasteiger partial charge is 0.355 e. The topological polar surface area (TPSA) is 29.9 Å². The van der Waals surface area contributed by atoms with E-state index in [4.69, 9.17) is 0 Å². The van der Waals surface area contributed by atoms with E-state index in [2.05, 4.69) is 55.3 Å². The molecule has 3 nitrogen and oxygen atoms in total. The van der Waals surface area contributed by atoms with Crippen molar-refractivity contribution in [3.05, 3.63) is 24.5 Å². The first-order valence-electron chi connectivity index (χ1n) is 6.84. The van der Waals surface area contributed by atoms with E-state index < -0.39 is 0 Å². The van der Waals surface area contributed by atoms with Gasteiger partial charge < -0.3 is 9.88 Å². The van der Waals surface area contributed by atoms with Crippen LogP contribution in [0.5, 0.6) is 0 Å². The minimum Gasteiger partial charge on any atom is -0.355 e. The first-order chi connectivity index (χ1) is 8.45. The Bertz CT molecular complexity index is 369. The van der Waals surface area contributed by atoms with Crippen LogP contribution in [0.4, 0.5) is 5.95 Å². The summed E-state index contributed by atoms with van der Waals surface area (Å²) >= 11 is 0. The van der Waals surface area contributed by atoms with E-state index in [1.54, 1.807) is 0 Å². The van der Waals surface area contributed by atoms with Crippen molar-refractivity contribution in [2.45, 2.75) is 41.2 Å². The average molecular weight is 249 g/mol. The van der Waals surface area contributed by atoms with E-state index in [9.17, 15) is 0 Å². The quantitative estimate of drug-likeness (QED) is 0.746. The van der Waals surface area contributed by atoms with E-state index in [0.29, 0.717) is 17.8 Å². The highest BCUT2D eigenvalue weighted by atomic mass is 15.2.